The molecule has 0 saturated heterocycles. The highest BCUT2D eigenvalue weighted by molar-refractivity contribution is 5.48. The number of nitrogens with zero attached hydrogens (tertiary/aromatic N) is 1. The zero-order valence-electron chi connectivity index (χ0n) is 14.2. The van der Waals surface area contributed by atoms with Gasteiger partial charge in [0.2, 0.25) is 0 Å². The maximum Gasteiger partial charge on any atom is 0.138 e. The number of fused-ring (bicyclic) bond motifs is 1. The first-order chi connectivity index (χ1) is 11.7. The Morgan fingerprint density at radius 2 is 2.25 bits per heavy atom. The second kappa shape index (κ2) is 7.53. The molecular weight excluding hydrogens is 304 g/mol. The first-order valence-electron chi connectivity index (χ1n) is 8.46. The van der Waals surface area contributed by atoms with E-state index in [1.54, 1.807) is 18.3 Å². The topological polar surface area (TPSA) is 63.6 Å². The predicted octanol–water partition coefficient (Wildman–Crippen LogP) is 3.19. The Morgan fingerprint density at radius 3 is 3.04 bits per heavy atom. The molecule has 0 fully saturated rings. The quantitative estimate of drug-likeness (QED) is 0.817. The monoisotopic (exact) mass is 328 g/mol. The minimum Gasteiger partial charge on any atom is -0.506 e. The number of ether oxygens (including phenoxy) is 2. The van der Waals surface area contributed by atoms with E-state index in [0.29, 0.717) is 25.4 Å². The number of rotatable bonds is 7. The zero-order chi connectivity index (χ0) is 16.9. The number of pyridine rings is 1. The van der Waals surface area contributed by atoms with Gasteiger partial charge in [0.05, 0.1) is 12.3 Å². The third kappa shape index (κ3) is 3.79. The van der Waals surface area contributed by atoms with Gasteiger partial charge in [0.15, 0.2) is 0 Å². The second-order valence-corrected chi connectivity index (χ2v) is 6.12. The lowest BCUT2D eigenvalue weighted by Crippen LogP contribution is -2.15. The summed E-state index contributed by atoms with van der Waals surface area (Å²) < 4.78 is 11.8. The molecule has 5 nitrogen and oxygen atoms in total. The molecule has 128 valence electrons. The molecule has 1 aliphatic rings. The SMILES string of the molecule is CCCOc1cc2c(cc1CNCc1ncccc1O)OC(C)C2. The van der Waals surface area contributed by atoms with Gasteiger partial charge in [0.1, 0.15) is 23.4 Å². The van der Waals surface area contributed by atoms with E-state index in [-0.39, 0.29) is 11.9 Å². The molecule has 0 saturated carbocycles. The van der Waals surface area contributed by atoms with Crippen LogP contribution in [0.15, 0.2) is 30.5 Å². The molecule has 2 heterocycles. The highest BCUT2D eigenvalue weighted by atomic mass is 16.5. The number of hydrogen-bond donors (Lipinski definition) is 2. The van der Waals surface area contributed by atoms with Crippen LogP contribution < -0.4 is 14.8 Å². The van der Waals surface area contributed by atoms with Gasteiger partial charge in [0.25, 0.3) is 0 Å². The van der Waals surface area contributed by atoms with Gasteiger partial charge in [-0.25, -0.2) is 0 Å². The fraction of sp³-hybridized carbons (Fsp3) is 0.421. The lowest BCUT2D eigenvalue weighted by molar-refractivity contribution is 0.254. The van der Waals surface area contributed by atoms with Crippen LogP contribution in [0.25, 0.3) is 0 Å². The summed E-state index contributed by atoms with van der Waals surface area (Å²) in [5.41, 5.74) is 2.91. The Hall–Kier alpha value is -2.27. The van der Waals surface area contributed by atoms with Gasteiger partial charge in [-0.2, -0.15) is 0 Å². The summed E-state index contributed by atoms with van der Waals surface area (Å²) in [4.78, 5) is 4.18. The Kier molecular flexibility index (Phi) is 5.20. The number of aromatic nitrogens is 1. The molecule has 0 aliphatic carbocycles. The van der Waals surface area contributed by atoms with E-state index < -0.39 is 0 Å². The number of aromatic hydroxyl groups is 1. The smallest absolute Gasteiger partial charge is 0.138 e. The molecule has 2 N–H and O–H groups in total. The minimum atomic E-state index is 0.207. The Balaban J connectivity index is 1.71. The van der Waals surface area contributed by atoms with Gasteiger partial charge in [-0.3, -0.25) is 4.98 Å². The second-order valence-electron chi connectivity index (χ2n) is 6.12. The van der Waals surface area contributed by atoms with Gasteiger partial charge in [-0.15, -0.1) is 0 Å². The molecule has 1 aromatic heterocycles. The maximum absolute atomic E-state index is 9.79. The van der Waals surface area contributed by atoms with Crippen LogP contribution in [-0.2, 0) is 19.5 Å². The molecule has 2 aromatic rings. The van der Waals surface area contributed by atoms with Crippen LogP contribution in [0.1, 0.15) is 37.1 Å². The molecular formula is C19H24N2O3. The van der Waals surface area contributed by atoms with Crippen LogP contribution in [0, 0.1) is 0 Å². The van der Waals surface area contributed by atoms with Crippen molar-refractivity contribution in [2.45, 2.75) is 45.9 Å². The summed E-state index contributed by atoms with van der Waals surface area (Å²) in [5.74, 6) is 2.06. The molecule has 5 heteroatoms. The van der Waals surface area contributed by atoms with Crippen LogP contribution in [0.5, 0.6) is 17.2 Å². The van der Waals surface area contributed by atoms with E-state index >= 15 is 0 Å². The van der Waals surface area contributed by atoms with E-state index in [4.69, 9.17) is 9.47 Å². The highest BCUT2D eigenvalue weighted by Gasteiger charge is 2.21. The minimum absolute atomic E-state index is 0.207. The van der Waals surface area contributed by atoms with Gasteiger partial charge in [-0.1, -0.05) is 6.92 Å². The average Bonchev–Trinajstić information content (AvgIpc) is 2.93. The summed E-state index contributed by atoms with van der Waals surface area (Å²) in [5, 5.41) is 13.1. The van der Waals surface area contributed by atoms with Gasteiger partial charge >= 0.3 is 0 Å². The van der Waals surface area contributed by atoms with E-state index in [0.717, 1.165) is 29.9 Å². The lowest BCUT2D eigenvalue weighted by atomic mass is 10.1. The average molecular weight is 328 g/mol. The summed E-state index contributed by atoms with van der Waals surface area (Å²) in [6.45, 7) is 5.99. The van der Waals surface area contributed by atoms with Crippen LogP contribution in [0.4, 0.5) is 0 Å². The fourth-order valence-corrected chi connectivity index (χ4v) is 2.85. The van der Waals surface area contributed by atoms with E-state index in [9.17, 15) is 5.11 Å². The molecule has 1 aliphatic heterocycles. The van der Waals surface area contributed by atoms with E-state index in [2.05, 4.69) is 36.3 Å². The van der Waals surface area contributed by atoms with Crippen LogP contribution in [0.2, 0.25) is 0 Å². The summed E-state index contributed by atoms with van der Waals surface area (Å²) in [7, 11) is 0. The molecule has 1 aromatic carbocycles. The normalized spacial score (nSPS) is 15.8. The summed E-state index contributed by atoms with van der Waals surface area (Å²) in [6, 6.07) is 7.53. The molecule has 24 heavy (non-hydrogen) atoms. The van der Waals surface area contributed by atoms with Crippen molar-refractivity contribution in [1.29, 1.82) is 0 Å². The molecule has 3 rings (SSSR count). The van der Waals surface area contributed by atoms with Crippen molar-refractivity contribution < 1.29 is 14.6 Å². The highest BCUT2D eigenvalue weighted by Crippen LogP contribution is 2.35. The standard InChI is InChI=1S/C19H24N2O3/c1-3-7-23-18-9-14-8-13(2)24-19(14)10-15(18)11-20-12-16-17(22)5-4-6-21-16/h4-6,9-10,13,20,22H,3,7-8,11-12H2,1-2H3. The molecule has 1 atom stereocenters. The Bertz CT molecular complexity index is 703. The molecule has 0 radical (unpaired) electrons. The van der Waals surface area contributed by atoms with Crippen molar-refractivity contribution in [3.63, 3.8) is 0 Å². The first kappa shape index (κ1) is 16.6. The molecule has 0 spiro atoms. The van der Waals surface area contributed by atoms with Crippen molar-refractivity contribution in [3.05, 3.63) is 47.3 Å². The molecule has 0 bridgehead atoms. The zero-order valence-corrected chi connectivity index (χ0v) is 14.2. The van der Waals surface area contributed by atoms with Crippen LogP contribution in [-0.4, -0.2) is 22.8 Å². The van der Waals surface area contributed by atoms with Gasteiger partial charge < -0.3 is 19.9 Å². The third-order valence-electron chi connectivity index (χ3n) is 4.01. The first-order valence-corrected chi connectivity index (χ1v) is 8.46. The van der Waals surface area contributed by atoms with Crippen molar-refractivity contribution >= 4 is 0 Å². The Labute approximate surface area is 142 Å². The van der Waals surface area contributed by atoms with E-state index in [1.807, 2.05) is 0 Å². The molecule has 0 amide bonds. The fourth-order valence-electron chi connectivity index (χ4n) is 2.85. The van der Waals surface area contributed by atoms with Crippen molar-refractivity contribution in [2.75, 3.05) is 6.61 Å². The number of nitrogens with one attached hydrogen (secondary N) is 1. The van der Waals surface area contributed by atoms with Crippen LogP contribution >= 0.6 is 0 Å². The number of benzene rings is 1. The van der Waals surface area contributed by atoms with Gasteiger partial charge in [-0.05, 0) is 37.6 Å². The van der Waals surface area contributed by atoms with Crippen molar-refractivity contribution in [1.82, 2.24) is 10.3 Å². The largest absolute Gasteiger partial charge is 0.506 e. The number of hydrogen-bond acceptors (Lipinski definition) is 5. The summed E-state index contributed by atoms with van der Waals surface area (Å²) >= 11 is 0. The van der Waals surface area contributed by atoms with Crippen molar-refractivity contribution in [2.24, 2.45) is 0 Å². The third-order valence-corrected chi connectivity index (χ3v) is 4.01. The predicted molar refractivity (Wildman–Crippen MR) is 92.5 cm³/mol. The lowest BCUT2D eigenvalue weighted by Gasteiger charge is -2.14. The molecule has 1 unspecified atom stereocenters. The van der Waals surface area contributed by atoms with Crippen LogP contribution in [0.3, 0.4) is 0 Å². The van der Waals surface area contributed by atoms with E-state index in [1.165, 1.54) is 5.56 Å². The maximum atomic E-state index is 9.79. The summed E-state index contributed by atoms with van der Waals surface area (Å²) in [6.07, 6.45) is 3.79. The van der Waals surface area contributed by atoms with Gasteiger partial charge in [0, 0.05) is 36.8 Å². The Morgan fingerprint density at radius 1 is 1.38 bits per heavy atom. The van der Waals surface area contributed by atoms with Crippen molar-refractivity contribution in [3.8, 4) is 17.2 Å².